The van der Waals surface area contributed by atoms with E-state index in [9.17, 15) is 0 Å². The van der Waals surface area contributed by atoms with E-state index in [-0.39, 0.29) is 0 Å². The van der Waals surface area contributed by atoms with Gasteiger partial charge in [-0.3, -0.25) is 4.68 Å². The van der Waals surface area contributed by atoms with Crippen LogP contribution in [0.2, 0.25) is 0 Å². The number of hydrogen-bond donors (Lipinski definition) is 1. The lowest BCUT2D eigenvalue weighted by atomic mass is 9.61. The van der Waals surface area contributed by atoms with Crippen LogP contribution in [0, 0.1) is 5.41 Å². The van der Waals surface area contributed by atoms with Crippen molar-refractivity contribution in [1.29, 1.82) is 0 Å². The van der Waals surface area contributed by atoms with Gasteiger partial charge in [-0.1, -0.05) is 13.8 Å². The first-order valence-corrected chi connectivity index (χ1v) is 7.42. The Hall–Kier alpha value is -0.870. The van der Waals surface area contributed by atoms with Gasteiger partial charge in [0.15, 0.2) is 0 Å². The third-order valence-electron chi connectivity index (χ3n) is 4.67. The predicted molar refractivity (Wildman–Crippen MR) is 77.1 cm³/mol. The summed E-state index contributed by atoms with van der Waals surface area (Å²) in [5.41, 5.74) is 1.60. The van der Waals surface area contributed by atoms with Gasteiger partial charge in [0.2, 0.25) is 0 Å². The van der Waals surface area contributed by atoms with Gasteiger partial charge < -0.3 is 10.1 Å². The molecule has 4 heteroatoms. The van der Waals surface area contributed by atoms with E-state index in [4.69, 9.17) is 4.74 Å². The maximum Gasteiger partial charge on any atom is 0.0658 e. The summed E-state index contributed by atoms with van der Waals surface area (Å²) in [7, 11) is 1.96. The highest BCUT2D eigenvalue weighted by molar-refractivity contribution is 5.07. The van der Waals surface area contributed by atoms with Crippen LogP contribution in [0.3, 0.4) is 0 Å². The highest BCUT2D eigenvalue weighted by atomic mass is 16.5. The summed E-state index contributed by atoms with van der Waals surface area (Å²) in [6.07, 6.45) is 7.82. The van der Waals surface area contributed by atoms with Crippen molar-refractivity contribution in [3.05, 3.63) is 18.0 Å². The minimum absolute atomic E-state index is 0.297. The first kappa shape index (κ1) is 14.5. The van der Waals surface area contributed by atoms with E-state index in [2.05, 4.69) is 37.4 Å². The molecule has 2 rings (SSSR count). The zero-order valence-electron chi connectivity index (χ0n) is 12.6. The van der Waals surface area contributed by atoms with E-state index >= 15 is 0 Å². The summed E-state index contributed by atoms with van der Waals surface area (Å²) in [5, 5.41) is 7.89. The number of aryl methyl sites for hydroxylation is 1. The molecule has 1 aliphatic rings. The average molecular weight is 265 g/mol. The van der Waals surface area contributed by atoms with Crippen LogP contribution in [0.25, 0.3) is 0 Å². The second-order valence-electron chi connectivity index (χ2n) is 5.82. The molecule has 0 spiro atoms. The van der Waals surface area contributed by atoms with E-state index < -0.39 is 0 Å². The molecule has 0 aromatic carbocycles. The summed E-state index contributed by atoms with van der Waals surface area (Å²) in [4.78, 5) is 0. The third kappa shape index (κ3) is 3.00. The van der Waals surface area contributed by atoms with Crippen LogP contribution in [0.1, 0.15) is 39.2 Å². The fourth-order valence-corrected chi connectivity index (χ4v) is 3.06. The Morgan fingerprint density at radius 1 is 1.53 bits per heavy atom. The van der Waals surface area contributed by atoms with Crippen LogP contribution in [0.15, 0.2) is 12.4 Å². The van der Waals surface area contributed by atoms with Crippen molar-refractivity contribution in [2.45, 2.75) is 52.2 Å². The van der Waals surface area contributed by atoms with Crippen molar-refractivity contribution in [1.82, 2.24) is 15.1 Å². The molecule has 1 heterocycles. The topological polar surface area (TPSA) is 39.1 Å². The van der Waals surface area contributed by atoms with Crippen LogP contribution in [0.4, 0.5) is 0 Å². The second kappa shape index (κ2) is 6.06. The zero-order valence-corrected chi connectivity index (χ0v) is 12.6. The monoisotopic (exact) mass is 265 g/mol. The molecule has 0 amide bonds. The Morgan fingerprint density at radius 2 is 2.32 bits per heavy atom. The van der Waals surface area contributed by atoms with E-state index in [1.54, 1.807) is 0 Å². The van der Waals surface area contributed by atoms with Gasteiger partial charge in [0.1, 0.15) is 0 Å². The van der Waals surface area contributed by atoms with Crippen molar-refractivity contribution in [3.8, 4) is 0 Å². The maximum atomic E-state index is 5.83. The molecule has 0 saturated heterocycles. The van der Waals surface area contributed by atoms with Gasteiger partial charge in [-0.15, -0.1) is 0 Å². The Balaban J connectivity index is 1.77. The summed E-state index contributed by atoms with van der Waals surface area (Å²) in [5.74, 6) is 0. The van der Waals surface area contributed by atoms with Gasteiger partial charge in [0, 0.05) is 31.3 Å². The molecule has 1 N–H and O–H groups in total. The van der Waals surface area contributed by atoms with Gasteiger partial charge in [0.05, 0.1) is 12.3 Å². The second-order valence-corrected chi connectivity index (χ2v) is 5.82. The number of nitrogens with one attached hydrogen (secondary N) is 1. The molecule has 0 radical (unpaired) electrons. The number of ether oxygens (including phenoxy) is 1. The van der Waals surface area contributed by atoms with Gasteiger partial charge >= 0.3 is 0 Å². The molecule has 108 valence electrons. The van der Waals surface area contributed by atoms with Gasteiger partial charge in [-0.2, -0.15) is 5.10 Å². The highest BCUT2D eigenvalue weighted by Gasteiger charge is 2.50. The SMILES string of the molecule is CCOC1CC(NCCc2cnn(C)c2)C1(C)CC. The van der Waals surface area contributed by atoms with Crippen molar-refractivity contribution >= 4 is 0 Å². The Kier molecular flexibility index (Phi) is 4.63. The number of rotatable bonds is 7. The number of nitrogens with zero attached hydrogens (tertiary/aromatic N) is 2. The van der Waals surface area contributed by atoms with Gasteiger partial charge in [-0.05, 0) is 38.3 Å². The first-order chi connectivity index (χ1) is 9.10. The molecule has 4 nitrogen and oxygen atoms in total. The molecule has 1 fully saturated rings. The lowest BCUT2D eigenvalue weighted by Gasteiger charge is -2.53. The molecular weight excluding hydrogens is 238 g/mol. The fourth-order valence-electron chi connectivity index (χ4n) is 3.06. The van der Waals surface area contributed by atoms with Crippen LogP contribution in [0.5, 0.6) is 0 Å². The molecule has 3 atom stereocenters. The normalized spacial score (nSPS) is 30.3. The minimum Gasteiger partial charge on any atom is -0.378 e. The Bertz CT molecular complexity index is 404. The molecule has 1 aliphatic carbocycles. The molecular formula is C15H27N3O. The summed E-state index contributed by atoms with van der Waals surface area (Å²) in [6.45, 7) is 8.53. The standard InChI is InChI=1S/C15H27N3O/c1-5-15(3)13(9-14(15)19-6-2)16-8-7-12-10-17-18(4)11-12/h10-11,13-14,16H,5-9H2,1-4H3. The molecule has 1 aromatic rings. The van der Waals surface area contributed by atoms with Crippen molar-refractivity contribution in [3.63, 3.8) is 0 Å². The number of hydrogen-bond acceptors (Lipinski definition) is 3. The van der Waals surface area contributed by atoms with Crippen molar-refractivity contribution < 1.29 is 4.74 Å². The minimum atomic E-state index is 0.297. The zero-order chi connectivity index (χ0) is 13.9. The van der Waals surface area contributed by atoms with E-state index in [1.165, 1.54) is 12.0 Å². The summed E-state index contributed by atoms with van der Waals surface area (Å²) < 4.78 is 7.69. The smallest absolute Gasteiger partial charge is 0.0658 e. The van der Waals surface area contributed by atoms with Crippen LogP contribution < -0.4 is 5.32 Å². The Morgan fingerprint density at radius 3 is 2.89 bits per heavy atom. The molecule has 1 aromatic heterocycles. The van der Waals surface area contributed by atoms with Crippen molar-refractivity contribution in [2.24, 2.45) is 12.5 Å². The van der Waals surface area contributed by atoms with Crippen LogP contribution in [-0.2, 0) is 18.2 Å². The number of aromatic nitrogens is 2. The summed E-state index contributed by atoms with van der Waals surface area (Å²) >= 11 is 0. The van der Waals surface area contributed by atoms with E-state index in [1.807, 2.05) is 17.9 Å². The molecule has 0 bridgehead atoms. The molecule has 19 heavy (non-hydrogen) atoms. The van der Waals surface area contributed by atoms with Gasteiger partial charge in [-0.25, -0.2) is 0 Å². The van der Waals surface area contributed by atoms with Crippen LogP contribution in [-0.4, -0.2) is 35.1 Å². The molecule has 1 saturated carbocycles. The van der Waals surface area contributed by atoms with Crippen LogP contribution >= 0.6 is 0 Å². The largest absolute Gasteiger partial charge is 0.378 e. The first-order valence-electron chi connectivity index (χ1n) is 7.42. The molecule has 3 unspecified atom stereocenters. The third-order valence-corrected chi connectivity index (χ3v) is 4.67. The van der Waals surface area contributed by atoms with Gasteiger partial charge in [0.25, 0.3) is 0 Å². The fraction of sp³-hybridized carbons (Fsp3) is 0.800. The lowest BCUT2D eigenvalue weighted by molar-refractivity contribution is -0.125. The lowest BCUT2D eigenvalue weighted by Crippen LogP contribution is -2.62. The Labute approximate surface area is 116 Å². The van der Waals surface area contributed by atoms with Crippen molar-refractivity contribution in [2.75, 3.05) is 13.2 Å². The average Bonchev–Trinajstić information content (AvgIpc) is 2.81. The van der Waals surface area contributed by atoms with E-state index in [0.717, 1.165) is 26.0 Å². The predicted octanol–water partition coefficient (Wildman–Crippen LogP) is 2.15. The van der Waals surface area contributed by atoms with E-state index in [0.29, 0.717) is 17.6 Å². The molecule has 0 aliphatic heterocycles. The maximum absolute atomic E-state index is 5.83. The highest BCUT2D eigenvalue weighted by Crippen LogP contribution is 2.45. The summed E-state index contributed by atoms with van der Waals surface area (Å²) in [6, 6.07) is 0.589. The quantitative estimate of drug-likeness (QED) is 0.821.